The summed E-state index contributed by atoms with van der Waals surface area (Å²) in [6, 6.07) is 4.15. The summed E-state index contributed by atoms with van der Waals surface area (Å²) < 4.78 is 4.91. The molecule has 1 aromatic rings. The van der Waals surface area contributed by atoms with Crippen molar-refractivity contribution in [3.05, 3.63) is 33.9 Å². The van der Waals surface area contributed by atoms with Crippen LogP contribution in [0.15, 0.2) is 18.2 Å². The molecule has 1 atom stereocenters. The Morgan fingerprint density at radius 2 is 2.33 bits per heavy atom. The normalized spacial score (nSPS) is 12.2. The van der Waals surface area contributed by atoms with Crippen LogP contribution in [0.4, 0.5) is 5.69 Å². The van der Waals surface area contributed by atoms with Crippen molar-refractivity contribution >= 4 is 17.3 Å². The van der Waals surface area contributed by atoms with E-state index in [0.29, 0.717) is 5.75 Å². The molecule has 0 fully saturated rings. The number of hydrogen-bond donors (Lipinski definition) is 1. The van der Waals surface area contributed by atoms with Crippen molar-refractivity contribution < 1.29 is 14.8 Å². The van der Waals surface area contributed by atoms with Crippen LogP contribution in [0, 0.1) is 10.1 Å². The number of methoxy groups -OCH3 is 1. The number of aliphatic hydroxyl groups is 1. The second kappa shape index (κ2) is 4.95. The fourth-order valence-corrected chi connectivity index (χ4v) is 1.34. The van der Waals surface area contributed by atoms with E-state index in [0.717, 1.165) is 0 Å². The number of nitrogens with zero attached hydrogens (tertiary/aromatic N) is 1. The molecule has 0 bridgehead atoms. The highest BCUT2D eigenvalue weighted by molar-refractivity contribution is 6.18. The predicted octanol–water partition coefficient (Wildman–Crippen LogP) is 1.88. The van der Waals surface area contributed by atoms with Gasteiger partial charge in [0.05, 0.1) is 29.6 Å². The minimum Gasteiger partial charge on any atom is -0.497 e. The summed E-state index contributed by atoms with van der Waals surface area (Å²) in [6.07, 6.45) is -1.07. The molecule has 1 rings (SSSR count). The number of alkyl halides is 1. The van der Waals surface area contributed by atoms with Crippen LogP contribution in [0.25, 0.3) is 0 Å². The molecule has 0 amide bonds. The van der Waals surface area contributed by atoms with Crippen molar-refractivity contribution in [3.8, 4) is 5.75 Å². The van der Waals surface area contributed by atoms with Crippen LogP contribution >= 0.6 is 11.6 Å². The van der Waals surface area contributed by atoms with Gasteiger partial charge in [-0.1, -0.05) is 0 Å². The number of rotatable bonds is 4. The van der Waals surface area contributed by atoms with Crippen LogP contribution in [0.1, 0.15) is 11.7 Å². The van der Waals surface area contributed by atoms with E-state index in [1.165, 1.54) is 25.3 Å². The van der Waals surface area contributed by atoms with Crippen LogP contribution in [0.3, 0.4) is 0 Å². The molecule has 0 aliphatic rings. The first kappa shape index (κ1) is 11.7. The van der Waals surface area contributed by atoms with E-state index >= 15 is 0 Å². The summed E-state index contributed by atoms with van der Waals surface area (Å²) in [6.45, 7) is 0. The van der Waals surface area contributed by atoms with Crippen molar-refractivity contribution in [2.45, 2.75) is 6.10 Å². The van der Waals surface area contributed by atoms with E-state index < -0.39 is 11.0 Å². The molecule has 0 aromatic heterocycles. The van der Waals surface area contributed by atoms with Gasteiger partial charge in [-0.3, -0.25) is 10.1 Å². The Hall–Kier alpha value is -1.33. The quantitative estimate of drug-likeness (QED) is 0.488. The second-order valence-corrected chi connectivity index (χ2v) is 3.16. The summed E-state index contributed by atoms with van der Waals surface area (Å²) >= 11 is 5.45. The molecule has 0 aliphatic heterocycles. The number of hydrogen-bond acceptors (Lipinski definition) is 4. The molecule has 82 valence electrons. The lowest BCUT2D eigenvalue weighted by Gasteiger charge is -2.09. The standard InChI is InChI=1S/C9H10ClNO4/c1-15-6-2-3-8(11(13)14)7(4-6)9(12)5-10/h2-4,9,12H,5H2,1H3. The van der Waals surface area contributed by atoms with Gasteiger partial charge in [0.25, 0.3) is 5.69 Å². The highest BCUT2D eigenvalue weighted by Gasteiger charge is 2.20. The van der Waals surface area contributed by atoms with E-state index in [9.17, 15) is 15.2 Å². The predicted molar refractivity (Wildman–Crippen MR) is 55.3 cm³/mol. The molecule has 1 N–H and O–H groups in total. The Morgan fingerprint density at radius 3 is 2.80 bits per heavy atom. The Morgan fingerprint density at radius 1 is 1.67 bits per heavy atom. The second-order valence-electron chi connectivity index (χ2n) is 2.85. The lowest BCUT2D eigenvalue weighted by Crippen LogP contribution is -2.04. The van der Waals surface area contributed by atoms with Gasteiger partial charge in [-0.25, -0.2) is 0 Å². The molecule has 0 saturated carbocycles. The first-order chi connectivity index (χ1) is 7.10. The number of benzene rings is 1. The van der Waals surface area contributed by atoms with Gasteiger partial charge in [0.15, 0.2) is 0 Å². The van der Waals surface area contributed by atoms with E-state index in [1.54, 1.807) is 0 Å². The first-order valence-electron chi connectivity index (χ1n) is 4.16. The third-order valence-electron chi connectivity index (χ3n) is 1.94. The molecule has 0 heterocycles. The van der Waals surface area contributed by atoms with Gasteiger partial charge in [-0.15, -0.1) is 11.6 Å². The molecule has 6 heteroatoms. The Kier molecular flexibility index (Phi) is 3.88. The molecule has 1 unspecified atom stereocenters. The molecular weight excluding hydrogens is 222 g/mol. The fraction of sp³-hybridized carbons (Fsp3) is 0.333. The van der Waals surface area contributed by atoms with Gasteiger partial charge in [-0.05, 0) is 12.1 Å². The van der Waals surface area contributed by atoms with Crippen LogP contribution in [0.5, 0.6) is 5.75 Å². The Balaban J connectivity index is 3.22. The minimum atomic E-state index is -1.07. The lowest BCUT2D eigenvalue weighted by atomic mass is 10.1. The largest absolute Gasteiger partial charge is 0.497 e. The van der Waals surface area contributed by atoms with Gasteiger partial charge in [0, 0.05) is 6.07 Å². The smallest absolute Gasteiger partial charge is 0.275 e. The Labute approximate surface area is 91.4 Å². The first-order valence-corrected chi connectivity index (χ1v) is 4.70. The van der Waals surface area contributed by atoms with Gasteiger partial charge in [0.2, 0.25) is 0 Å². The van der Waals surface area contributed by atoms with Gasteiger partial charge in [0.1, 0.15) is 5.75 Å². The van der Waals surface area contributed by atoms with E-state index in [1.807, 2.05) is 0 Å². The van der Waals surface area contributed by atoms with Crippen molar-refractivity contribution in [1.82, 2.24) is 0 Å². The summed E-state index contributed by atoms with van der Waals surface area (Å²) in [5.74, 6) is 0.341. The zero-order valence-corrected chi connectivity index (χ0v) is 8.77. The third-order valence-corrected chi connectivity index (χ3v) is 2.23. The Bertz CT molecular complexity index is 369. The highest BCUT2D eigenvalue weighted by atomic mass is 35.5. The maximum Gasteiger partial charge on any atom is 0.275 e. The van der Waals surface area contributed by atoms with Crippen molar-refractivity contribution in [1.29, 1.82) is 0 Å². The lowest BCUT2D eigenvalue weighted by molar-refractivity contribution is -0.386. The molecular formula is C9H10ClNO4. The zero-order valence-electron chi connectivity index (χ0n) is 8.01. The summed E-state index contributed by atoms with van der Waals surface area (Å²) in [4.78, 5) is 10.1. The number of nitro groups is 1. The number of aliphatic hydroxyl groups excluding tert-OH is 1. The van der Waals surface area contributed by atoms with E-state index in [2.05, 4.69) is 0 Å². The minimum absolute atomic E-state index is 0.103. The SMILES string of the molecule is COc1ccc([N+](=O)[O-])c(C(O)CCl)c1. The molecule has 0 aliphatic carbocycles. The number of halogens is 1. The molecule has 1 aromatic carbocycles. The van der Waals surface area contributed by atoms with Crippen LogP contribution < -0.4 is 4.74 Å². The number of nitro benzene ring substituents is 1. The van der Waals surface area contributed by atoms with Gasteiger partial charge >= 0.3 is 0 Å². The highest BCUT2D eigenvalue weighted by Crippen LogP contribution is 2.29. The molecule has 5 nitrogen and oxygen atoms in total. The topological polar surface area (TPSA) is 72.6 Å². The third kappa shape index (κ3) is 2.57. The maximum atomic E-state index is 10.7. The summed E-state index contributed by atoms with van der Waals surface area (Å²) in [7, 11) is 1.44. The molecule has 0 spiro atoms. The summed E-state index contributed by atoms with van der Waals surface area (Å²) in [5, 5.41) is 20.1. The van der Waals surface area contributed by atoms with E-state index in [-0.39, 0.29) is 17.1 Å². The van der Waals surface area contributed by atoms with Crippen molar-refractivity contribution in [2.24, 2.45) is 0 Å². The molecule has 15 heavy (non-hydrogen) atoms. The maximum absolute atomic E-state index is 10.7. The van der Waals surface area contributed by atoms with Gasteiger partial charge in [-0.2, -0.15) is 0 Å². The molecule has 0 saturated heterocycles. The number of ether oxygens (including phenoxy) is 1. The van der Waals surface area contributed by atoms with Crippen molar-refractivity contribution in [2.75, 3.05) is 13.0 Å². The molecule has 0 radical (unpaired) electrons. The monoisotopic (exact) mass is 231 g/mol. The van der Waals surface area contributed by atoms with Crippen LogP contribution in [-0.2, 0) is 0 Å². The van der Waals surface area contributed by atoms with Crippen LogP contribution in [-0.4, -0.2) is 23.0 Å². The zero-order chi connectivity index (χ0) is 11.4. The van der Waals surface area contributed by atoms with Crippen molar-refractivity contribution in [3.63, 3.8) is 0 Å². The van der Waals surface area contributed by atoms with Crippen LogP contribution in [0.2, 0.25) is 0 Å². The van der Waals surface area contributed by atoms with E-state index in [4.69, 9.17) is 16.3 Å². The van der Waals surface area contributed by atoms with Gasteiger partial charge < -0.3 is 9.84 Å². The average Bonchev–Trinajstić information content (AvgIpc) is 2.26. The summed E-state index contributed by atoms with van der Waals surface area (Å²) in [5.41, 5.74) is -0.00157. The average molecular weight is 232 g/mol. The fourth-order valence-electron chi connectivity index (χ4n) is 1.18.